The Bertz CT molecular complexity index is 524. The number of thiazole rings is 1. The van der Waals surface area contributed by atoms with E-state index in [0.29, 0.717) is 5.00 Å². The summed E-state index contributed by atoms with van der Waals surface area (Å²) in [4.78, 5) is 3.74. The highest BCUT2D eigenvalue weighted by molar-refractivity contribution is 7.19. The maximum atomic E-state index is 12.7. The number of alkyl halides is 3. The number of anilines is 2. The fourth-order valence-corrected chi connectivity index (χ4v) is 2.13. The molecule has 0 radical (unpaired) electrons. The lowest BCUT2D eigenvalue weighted by molar-refractivity contribution is -0.136. The van der Waals surface area contributed by atoms with Crippen LogP contribution in [-0.2, 0) is 6.18 Å². The van der Waals surface area contributed by atoms with Gasteiger partial charge >= 0.3 is 6.18 Å². The molecule has 2 rings (SSSR count). The molecule has 7 heteroatoms. The van der Waals surface area contributed by atoms with Crippen LogP contribution in [0.5, 0.6) is 0 Å². The standard InChI is InChI=1S/C10H6ClF3N2S/c11-9-15-5-8(17-9)16-7-4-2-1-3-6(7)10(12,13)14/h1-5,16H. The van der Waals surface area contributed by atoms with Crippen molar-refractivity contribution in [1.29, 1.82) is 0 Å². The minimum Gasteiger partial charge on any atom is -0.345 e. The van der Waals surface area contributed by atoms with E-state index in [1.54, 1.807) is 0 Å². The monoisotopic (exact) mass is 278 g/mol. The fourth-order valence-electron chi connectivity index (χ4n) is 1.28. The molecule has 2 aromatic rings. The summed E-state index contributed by atoms with van der Waals surface area (Å²) in [5, 5.41) is 3.12. The van der Waals surface area contributed by atoms with Gasteiger partial charge in [-0.2, -0.15) is 13.2 Å². The highest BCUT2D eigenvalue weighted by Crippen LogP contribution is 2.36. The van der Waals surface area contributed by atoms with Crippen LogP contribution in [0.1, 0.15) is 5.56 Å². The largest absolute Gasteiger partial charge is 0.418 e. The van der Waals surface area contributed by atoms with E-state index in [9.17, 15) is 13.2 Å². The van der Waals surface area contributed by atoms with Gasteiger partial charge in [0.2, 0.25) is 0 Å². The summed E-state index contributed by atoms with van der Waals surface area (Å²) in [5.41, 5.74) is -0.732. The molecule has 17 heavy (non-hydrogen) atoms. The zero-order valence-corrected chi connectivity index (χ0v) is 9.83. The highest BCUT2D eigenvalue weighted by atomic mass is 35.5. The zero-order chi connectivity index (χ0) is 12.5. The molecule has 0 amide bonds. The lowest BCUT2D eigenvalue weighted by atomic mass is 10.1. The van der Waals surface area contributed by atoms with Crippen LogP contribution in [0, 0.1) is 0 Å². The average molecular weight is 279 g/mol. The lowest BCUT2D eigenvalue weighted by Gasteiger charge is -2.12. The Morgan fingerprint density at radius 3 is 2.53 bits per heavy atom. The first-order valence-electron chi connectivity index (χ1n) is 4.51. The number of hydrogen-bond acceptors (Lipinski definition) is 3. The van der Waals surface area contributed by atoms with Gasteiger partial charge in [-0.15, -0.1) is 0 Å². The number of benzene rings is 1. The van der Waals surface area contributed by atoms with Gasteiger partial charge in [0, 0.05) is 0 Å². The number of rotatable bonds is 2. The number of nitrogens with one attached hydrogen (secondary N) is 1. The summed E-state index contributed by atoms with van der Waals surface area (Å²) in [6, 6.07) is 5.25. The van der Waals surface area contributed by atoms with E-state index in [0.717, 1.165) is 17.4 Å². The second kappa shape index (κ2) is 4.54. The van der Waals surface area contributed by atoms with Gasteiger partial charge in [-0.25, -0.2) is 4.98 Å². The fraction of sp³-hybridized carbons (Fsp3) is 0.100. The zero-order valence-electron chi connectivity index (χ0n) is 8.25. The van der Waals surface area contributed by atoms with E-state index in [1.807, 2.05) is 0 Å². The highest BCUT2D eigenvalue weighted by Gasteiger charge is 2.33. The SMILES string of the molecule is FC(F)(F)c1ccccc1Nc1cnc(Cl)s1. The summed E-state index contributed by atoms with van der Waals surface area (Å²) in [7, 11) is 0. The molecule has 0 bridgehead atoms. The van der Waals surface area contributed by atoms with Crippen molar-refractivity contribution in [1.82, 2.24) is 4.98 Å². The van der Waals surface area contributed by atoms with Crippen LogP contribution in [0.3, 0.4) is 0 Å². The molecule has 2 nitrogen and oxygen atoms in total. The van der Waals surface area contributed by atoms with Crippen molar-refractivity contribution < 1.29 is 13.2 Å². The molecule has 0 aliphatic rings. The minimum absolute atomic E-state index is 0.0136. The Balaban J connectivity index is 2.33. The van der Waals surface area contributed by atoms with E-state index in [2.05, 4.69) is 10.3 Å². The molecule has 0 saturated heterocycles. The summed E-state index contributed by atoms with van der Waals surface area (Å²) in [5.74, 6) is 0. The molecule has 1 aromatic carbocycles. The van der Waals surface area contributed by atoms with Crippen LogP contribution in [-0.4, -0.2) is 4.98 Å². The van der Waals surface area contributed by atoms with Crippen molar-refractivity contribution in [3.05, 3.63) is 40.5 Å². The Labute approximate surface area is 104 Å². The first-order chi connectivity index (χ1) is 7.97. The van der Waals surface area contributed by atoms with Crippen molar-refractivity contribution in [3.8, 4) is 0 Å². The van der Waals surface area contributed by atoms with E-state index < -0.39 is 11.7 Å². The Morgan fingerprint density at radius 2 is 1.94 bits per heavy atom. The smallest absolute Gasteiger partial charge is 0.345 e. The third-order valence-corrected chi connectivity index (χ3v) is 3.00. The molecule has 1 aromatic heterocycles. The predicted octanol–water partition coefficient (Wildman–Crippen LogP) is 4.56. The first-order valence-corrected chi connectivity index (χ1v) is 5.71. The van der Waals surface area contributed by atoms with Gasteiger partial charge in [0.05, 0.1) is 17.4 Å². The van der Waals surface area contributed by atoms with Gasteiger partial charge in [-0.05, 0) is 12.1 Å². The predicted molar refractivity (Wildman–Crippen MR) is 61.9 cm³/mol. The molecule has 1 heterocycles. The van der Waals surface area contributed by atoms with E-state index in [1.165, 1.54) is 24.4 Å². The molecule has 0 unspecified atom stereocenters. The molecular formula is C10H6ClF3N2S. The van der Waals surface area contributed by atoms with Crippen molar-refractivity contribution in [2.24, 2.45) is 0 Å². The Morgan fingerprint density at radius 1 is 1.24 bits per heavy atom. The van der Waals surface area contributed by atoms with Crippen molar-refractivity contribution in [3.63, 3.8) is 0 Å². The minimum atomic E-state index is -4.39. The van der Waals surface area contributed by atoms with E-state index in [-0.39, 0.29) is 10.2 Å². The molecule has 90 valence electrons. The third-order valence-electron chi connectivity index (χ3n) is 1.97. The van der Waals surface area contributed by atoms with Crippen LogP contribution in [0.2, 0.25) is 4.47 Å². The molecule has 1 N–H and O–H groups in total. The van der Waals surface area contributed by atoms with Crippen LogP contribution in [0.4, 0.5) is 23.9 Å². The maximum absolute atomic E-state index is 12.7. The number of hydrogen-bond donors (Lipinski definition) is 1. The lowest BCUT2D eigenvalue weighted by Crippen LogP contribution is -2.08. The van der Waals surface area contributed by atoms with Gasteiger partial charge in [-0.1, -0.05) is 35.1 Å². The summed E-state index contributed by atoms with van der Waals surface area (Å²) in [6.07, 6.45) is -3.00. The van der Waals surface area contributed by atoms with Gasteiger partial charge in [0.1, 0.15) is 5.00 Å². The molecule has 0 spiro atoms. The molecular weight excluding hydrogens is 273 g/mol. The van der Waals surface area contributed by atoms with Gasteiger partial charge in [-0.3, -0.25) is 0 Å². The second-order valence-corrected chi connectivity index (χ2v) is 4.76. The molecule has 0 fully saturated rings. The number of para-hydroxylation sites is 1. The van der Waals surface area contributed by atoms with Crippen molar-refractivity contribution >= 4 is 33.6 Å². The topological polar surface area (TPSA) is 24.9 Å². The summed E-state index contributed by atoms with van der Waals surface area (Å²) in [6.45, 7) is 0. The molecule has 0 aliphatic carbocycles. The maximum Gasteiger partial charge on any atom is 0.418 e. The van der Waals surface area contributed by atoms with E-state index >= 15 is 0 Å². The van der Waals surface area contributed by atoms with Gasteiger partial charge in [0.15, 0.2) is 4.47 Å². The third kappa shape index (κ3) is 2.89. The quantitative estimate of drug-likeness (QED) is 0.871. The molecule has 0 saturated carbocycles. The number of halogens is 4. The molecule has 0 atom stereocenters. The van der Waals surface area contributed by atoms with Crippen molar-refractivity contribution in [2.75, 3.05) is 5.32 Å². The molecule has 0 aliphatic heterocycles. The van der Waals surface area contributed by atoms with Gasteiger partial charge < -0.3 is 5.32 Å². The van der Waals surface area contributed by atoms with E-state index in [4.69, 9.17) is 11.6 Å². The van der Waals surface area contributed by atoms with Crippen LogP contribution in [0.25, 0.3) is 0 Å². The summed E-state index contributed by atoms with van der Waals surface area (Å²) >= 11 is 6.68. The normalized spacial score (nSPS) is 11.5. The van der Waals surface area contributed by atoms with Gasteiger partial charge in [0.25, 0.3) is 0 Å². The number of nitrogens with zero attached hydrogens (tertiary/aromatic N) is 1. The average Bonchev–Trinajstić information content (AvgIpc) is 2.63. The van der Waals surface area contributed by atoms with Crippen LogP contribution >= 0.6 is 22.9 Å². The Kier molecular flexibility index (Phi) is 3.26. The first kappa shape index (κ1) is 12.2. The van der Waals surface area contributed by atoms with Crippen molar-refractivity contribution in [2.45, 2.75) is 6.18 Å². The van der Waals surface area contributed by atoms with Crippen LogP contribution < -0.4 is 5.32 Å². The summed E-state index contributed by atoms with van der Waals surface area (Å²) < 4.78 is 38.3. The Hall–Kier alpha value is -1.27. The second-order valence-electron chi connectivity index (χ2n) is 3.15. The number of aromatic nitrogens is 1. The van der Waals surface area contributed by atoms with Crippen LogP contribution in [0.15, 0.2) is 30.5 Å².